The third-order valence-corrected chi connectivity index (χ3v) is 9.95. The Morgan fingerprint density at radius 2 is 1.90 bits per heavy atom. The molecule has 0 aliphatic heterocycles. The molecule has 4 N–H and O–H groups in total. The standard InChI is InChI=1S/C30H41N7O2/c1-39-28-21(3-2-8-32-28)15-33-29-34-16-24(14-31)27(37-29)35-18-30-11-20-9-22(12-30)26(23(10-20)13-30)36-25-6-4-19(17-38)5-7-25/h2-3,8,16,19-20,22-23,25-26,36,38H,4-7,9-13,15,17-18H2,1H3,(H2,33,34,35,37)/t19?,20?,22-,23+,25?,26?,30?. The molecule has 2 aromatic heterocycles. The first-order valence-corrected chi connectivity index (χ1v) is 14.7. The van der Waals surface area contributed by atoms with Crippen LogP contribution in [0.1, 0.15) is 68.9 Å². The van der Waals surface area contributed by atoms with Crippen LogP contribution in [0.5, 0.6) is 5.88 Å². The van der Waals surface area contributed by atoms with Crippen molar-refractivity contribution < 1.29 is 9.84 Å². The van der Waals surface area contributed by atoms with E-state index in [1.165, 1.54) is 44.9 Å². The van der Waals surface area contributed by atoms with E-state index < -0.39 is 0 Å². The number of aromatic nitrogens is 3. The van der Waals surface area contributed by atoms with E-state index in [1.54, 1.807) is 19.5 Å². The summed E-state index contributed by atoms with van der Waals surface area (Å²) < 4.78 is 5.35. The normalized spacial score (nSPS) is 32.9. The molecule has 0 amide bonds. The molecule has 2 heterocycles. The summed E-state index contributed by atoms with van der Waals surface area (Å²) in [6.45, 7) is 1.68. The quantitative estimate of drug-likeness (QED) is 0.358. The van der Waals surface area contributed by atoms with Crippen molar-refractivity contribution in [1.29, 1.82) is 5.26 Å². The van der Waals surface area contributed by atoms with Gasteiger partial charge in [0, 0.05) is 43.5 Å². The lowest BCUT2D eigenvalue weighted by Gasteiger charge is -2.61. The number of anilines is 2. The molecule has 7 rings (SSSR count). The number of nitrogens with zero attached hydrogens (tertiary/aromatic N) is 4. The average molecular weight is 532 g/mol. The maximum atomic E-state index is 9.73. The molecule has 5 saturated carbocycles. The summed E-state index contributed by atoms with van der Waals surface area (Å²) in [6.07, 6.45) is 14.5. The Morgan fingerprint density at radius 3 is 2.62 bits per heavy atom. The van der Waals surface area contributed by atoms with E-state index in [4.69, 9.17) is 4.74 Å². The molecular formula is C30H41N7O2. The predicted octanol–water partition coefficient (Wildman–Crippen LogP) is 4.11. The van der Waals surface area contributed by atoms with Gasteiger partial charge in [0.05, 0.1) is 13.3 Å². The minimum absolute atomic E-state index is 0.275. The number of nitrogens with one attached hydrogen (secondary N) is 3. The zero-order valence-electron chi connectivity index (χ0n) is 22.9. The van der Waals surface area contributed by atoms with E-state index in [9.17, 15) is 10.4 Å². The van der Waals surface area contributed by atoms with Crippen molar-refractivity contribution in [3.05, 3.63) is 35.7 Å². The third kappa shape index (κ3) is 5.55. The van der Waals surface area contributed by atoms with Crippen LogP contribution in [0, 0.1) is 40.4 Å². The summed E-state index contributed by atoms with van der Waals surface area (Å²) in [7, 11) is 1.61. The molecule has 3 unspecified atom stereocenters. The van der Waals surface area contributed by atoms with Crippen molar-refractivity contribution in [2.24, 2.45) is 29.1 Å². The smallest absolute Gasteiger partial charge is 0.224 e. The fraction of sp³-hybridized carbons (Fsp3) is 0.667. The van der Waals surface area contributed by atoms with Gasteiger partial charge in [-0.25, -0.2) is 9.97 Å². The lowest BCUT2D eigenvalue weighted by molar-refractivity contribution is -0.0733. The fourth-order valence-corrected chi connectivity index (χ4v) is 8.34. The number of pyridine rings is 1. The van der Waals surface area contributed by atoms with Crippen molar-refractivity contribution in [2.75, 3.05) is 30.9 Å². The van der Waals surface area contributed by atoms with Crippen LogP contribution in [0.2, 0.25) is 0 Å². The molecule has 0 saturated heterocycles. The third-order valence-electron chi connectivity index (χ3n) is 9.95. The van der Waals surface area contributed by atoms with Gasteiger partial charge in [-0.15, -0.1) is 0 Å². The summed E-state index contributed by atoms with van der Waals surface area (Å²) >= 11 is 0. The van der Waals surface area contributed by atoms with E-state index in [1.807, 2.05) is 12.1 Å². The molecule has 5 aliphatic carbocycles. The van der Waals surface area contributed by atoms with Crippen LogP contribution in [0.3, 0.4) is 0 Å². The number of hydrogen-bond acceptors (Lipinski definition) is 9. The molecule has 0 radical (unpaired) electrons. The highest BCUT2D eigenvalue weighted by Gasteiger charge is 2.55. The molecule has 2 aromatic rings. The van der Waals surface area contributed by atoms with Crippen molar-refractivity contribution >= 4 is 11.8 Å². The second kappa shape index (κ2) is 11.3. The summed E-state index contributed by atoms with van der Waals surface area (Å²) in [4.78, 5) is 13.3. The van der Waals surface area contributed by atoms with Gasteiger partial charge in [0.1, 0.15) is 17.5 Å². The molecule has 9 heteroatoms. The minimum atomic E-state index is 0.275. The van der Waals surface area contributed by atoms with Gasteiger partial charge in [-0.3, -0.25) is 0 Å². The molecule has 39 heavy (non-hydrogen) atoms. The Kier molecular flexibility index (Phi) is 7.59. The SMILES string of the molecule is COc1ncccc1CNc1ncc(C#N)c(NCC23CC4C[C@H](C2)C(NC2CCC(CO)CC2)[C@@H](C4)C3)n1. The summed E-state index contributed by atoms with van der Waals surface area (Å²) in [5, 5.41) is 30.2. The Balaban J connectivity index is 1.09. The van der Waals surface area contributed by atoms with E-state index in [2.05, 4.69) is 37.0 Å². The largest absolute Gasteiger partial charge is 0.481 e. The van der Waals surface area contributed by atoms with E-state index >= 15 is 0 Å². The lowest BCUT2D eigenvalue weighted by atomic mass is 9.47. The Morgan fingerprint density at radius 1 is 1.10 bits per heavy atom. The first kappa shape index (κ1) is 26.3. The second-order valence-corrected chi connectivity index (χ2v) is 12.5. The fourth-order valence-electron chi connectivity index (χ4n) is 8.34. The topological polar surface area (TPSA) is 128 Å². The van der Waals surface area contributed by atoms with Crippen LogP contribution in [0.25, 0.3) is 0 Å². The number of hydrogen-bond donors (Lipinski definition) is 4. The number of rotatable bonds is 10. The maximum absolute atomic E-state index is 9.73. The molecule has 4 bridgehead atoms. The number of nitriles is 1. The highest BCUT2D eigenvalue weighted by atomic mass is 16.5. The summed E-state index contributed by atoms with van der Waals surface area (Å²) in [5.74, 6) is 4.46. The molecule has 5 atom stereocenters. The molecule has 5 aliphatic rings. The van der Waals surface area contributed by atoms with Crippen molar-refractivity contribution in [1.82, 2.24) is 20.3 Å². The molecule has 0 aromatic carbocycles. The Bertz CT molecular complexity index is 1180. The summed E-state index contributed by atoms with van der Waals surface area (Å²) in [5.41, 5.74) is 1.67. The van der Waals surface area contributed by atoms with Crippen molar-refractivity contribution in [2.45, 2.75) is 76.4 Å². The molecule has 0 spiro atoms. The van der Waals surface area contributed by atoms with Crippen LogP contribution in [-0.2, 0) is 6.54 Å². The van der Waals surface area contributed by atoms with Gasteiger partial charge in [0.2, 0.25) is 11.8 Å². The van der Waals surface area contributed by atoms with Gasteiger partial charge < -0.3 is 25.8 Å². The molecule has 9 nitrogen and oxygen atoms in total. The number of ether oxygens (including phenoxy) is 1. The Hall–Kier alpha value is -2.96. The van der Waals surface area contributed by atoms with Crippen LogP contribution in [0.15, 0.2) is 24.5 Å². The van der Waals surface area contributed by atoms with Gasteiger partial charge in [-0.1, -0.05) is 6.07 Å². The predicted molar refractivity (Wildman–Crippen MR) is 149 cm³/mol. The number of aliphatic hydroxyl groups is 1. The van der Waals surface area contributed by atoms with E-state index in [0.717, 1.165) is 42.7 Å². The highest BCUT2D eigenvalue weighted by Crippen LogP contribution is 2.60. The van der Waals surface area contributed by atoms with Gasteiger partial charge in [0.25, 0.3) is 0 Å². The zero-order valence-corrected chi connectivity index (χ0v) is 22.9. The minimum Gasteiger partial charge on any atom is -0.481 e. The van der Waals surface area contributed by atoms with Crippen molar-refractivity contribution in [3.8, 4) is 11.9 Å². The number of aliphatic hydroxyl groups excluding tert-OH is 1. The molecular weight excluding hydrogens is 490 g/mol. The van der Waals surface area contributed by atoms with Gasteiger partial charge in [-0.05, 0) is 92.9 Å². The maximum Gasteiger partial charge on any atom is 0.224 e. The van der Waals surface area contributed by atoms with Crippen LogP contribution in [-0.4, -0.2) is 52.4 Å². The van der Waals surface area contributed by atoms with Gasteiger partial charge in [-0.2, -0.15) is 10.2 Å². The van der Waals surface area contributed by atoms with Gasteiger partial charge in [0.15, 0.2) is 0 Å². The lowest BCUT2D eigenvalue weighted by Crippen LogP contribution is -2.61. The second-order valence-electron chi connectivity index (χ2n) is 12.5. The van der Waals surface area contributed by atoms with E-state index in [0.29, 0.717) is 54.4 Å². The zero-order chi connectivity index (χ0) is 26.8. The van der Waals surface area contributed by atoms with Crippen LogP contribution >= 0.6 is 0 Å². The molecule has 5 fully saturated rings. The first-order chi connectivity index (χ1) is 19.1. The van der Waals surface area contributed by atoms with Gasteiger partial charge >= 0.3 is 0 Å². The Labute approximate surface area is 231 Å². The first-order valence-electron chi connectivity index (χ1n) is 14.7. The molecule has 208 valence electrons. The van der Waals surface area contributed by atoms with E-state index in [-0.39, 0.29) is 5.41 Å². The number of methoxy groups -OCH3 is 1. The highest BCUT2D eigenvalue weighted by molar-refractivity contribution is 5.53. The average Bonchev–Trinajstić information content (AvgIpc) is 2.97. The van der Waals surface area contributed by atoms with Crippen molar-refractivity contribution in [3.63, 3.8) is 0 Å². The van der Waals surface area contributed by atoms with Crippen LogP contribution < -0.4 is 20.7 Å². The monoisotopic (exact) mass is 531 g/mol. The van der Waals surface area contributed by atoms with Crippen LogP contribution in [0.4, 0.5) is 11.8 Å². The summed E-state index contributed by atoms with van der Waals surface area (Å²) in [6, 6.07) is 7.34.